The Bertz CT molecular complexity index is 961. The Hall–Kier alpha value is -1.23. The van der Waals surface area contributed by atoms with Crippen LogP contribution in [0.4, 0.5) is 8.78 Å². The van der Waals surface area contributed by atoms with Gasteiger partial charge in [-0.2, -0.15) is 8.78 Å². The van der Waals surface area contributed by atoms with Crippen molar-refractivity contribution in [3.8, 4) is 0 Å². The standard InChI is InChI=1S/C26H39ClF2O6S2/c1-36(22-16-10-9-11-17-22,24-19-13-12-18-23(24)30)35-37(32,33)26(28,29)25(31)34-21-15-8-6-4-2-3-5-7-14-20-27/h9-11,16-17,24H,2-8,12-15,18-21H2,1H3/p+1. The van der Waals surface area contributed by atoms with Crippen molar-refractivity contribution in [3.63, 3.8) is 0 Å². The van der Waals surface area contributed by atoms with Crippen LogP contribution in [-0.4, -0.2) is 53.0 Å². The zero-order valence-electron chi connectivity index (χ0n) is 21.5. The van der Waals surface area contributed by atoms with E-state index in [9.17, 15) is 26.8 Å². The number of carbonyl (C=O) groups is 2. The van der Waals surface area contributed by atoms with Crippen LogP contribution in [0.5, 0.6) is 0 Å². The van der Waals surface area contributed by atoms with E-state index in [0.717, 1.165) is 44.9 Å². The second-order valence-electron chi connectivity index (χ2n) is 9.52. The van der Waals surface area contributed by atoms with E-state index in [4.69, 9.17) is 11.6 Å². The van der Waals surface area contributed by atoms with Crippen LogP contribution in [0.2, 0.25) is 0 Å². The highest BCUT2D eigenvalue weighted by Gasteiger charge is 2.63. The molecule has 1 aromatic carbocycles. The summed E-state index contributed by atoms with van der Waals surface area (Å²) >= 11 is 5.65. The second kappa shape index (κ2) is 15.4. The van der Waals surface area contributed by atoms with Crippen molar-refractivity contribution in [2.75, 3.05) is 18.7 Å². The fourth-order valence-electron chi connectivity index (χ4n) is 4.43. The first-order valence-corrected chi connectivity index (χ1v) is 17.0. The number of rotatable bonds is 17. The molecule has 0 saturated heterocycles. The Kier molecular flexibility index (Phi) is 13.3. The molecule has 0 heterocycles. The Morgan fingerprint density at radius 3 is 2.14 bits per heavy atom. The number of alkyl halides is 3. The molecule has 0 radical (unpaired) electrons. The highest BCUT2D eigenvalue weighted by Crippen LogP contribution is 2.60. The van der Waals surface area contributed by atoms with E-state index in [0.29, 0.717) is 42.9 Å². The fraction of sp³-hybridized carbons (Fsp3) is 0.692. The van der Waals surface area contributed by atoms with E-state index in [2.05, 4.69) is 8.37 Å². The number of ketones is 1. The average molecular weight is 586 g/mol. The van der Waals surface area contributed by atoms with Gasteiger partial charge in [0, 0.05) is 28.9 Å². The molecule has 1 aliphatic carbocycles. The molecule has 1 aromatic rings. The smallest absolute Gasteiger partial charge is 0.460 e. The minimum absolute atomic E-state index is 0.187. The lowest BCUT2D eigenvalue weighted by Gasteiger charge is -2.38. The van der Waals surface area contributed by atoms with Gasteiger partial charge < -0.3 is 4.74 Å². The molecular weight excluding hydrogens is 546 g/mol. The van der Waals surface area contributed by atoms with Gasteiger partial charge in [-0.05, 0) is 37.8 Å². The molecule has 1 aliphatic rings. The van der Waals surface area contributed by atoms with E-state index in [1.54, 1.807) is 30.3 Å². The molecule has 212 valence electrons. The van der Waals surface area contributed by atoms with Crippen LogP contribution in [0, 0.1) is 0 Å². The lowest BCUT2D eigenvalue weighted by Crippen LogP contribution is -2.44. The largest absolute Gasteiger partial charge is 0.514 e. The number of benzene rings is 1. The number of unbranched alkanes of at least 4 members (excludes halogenated alkanes) is 8. The van der Waals surface area contributed by atoms with Gasteiger partial charge in [0.05, 0.1) is 11.5 Å². The maximum atomic E-state index is 14.9. The zero-order chi connectivity index (χ0) is 27.4. The molecule has 1 fully saturated rings. The first kappa shape index (κ1) is 32.0. The Morgan fingerprint density at radius 2 is 1.57 bits per heavy atom. The molecule has 0 amide bonds. The monoisotopic (exact) mass is 585 g/mol. The molecule has 11 heteroatoms. The van der Waals surface area contributed by atoms with Crippen LogP contribution in [0.1, 0.15) is 83.5 Å². The van der Waals surface area contributed by atoms with Crippen molar-refractivity contribution in [2.24, 2.45) is 0 Å². The summed E-state index contributed by atoms with van der Waals surface area (Å²) in [6.45, 7) is -0.288. The quantitative estimate of drug-likeness (QED) is 0.0633. The second-order valence-corrected chi connectivity index (χ2v) is 14.9. The normalized spacial score (nSPS) is 19.2. The summed E-state index contributed by atoms with van der Waals surface area (Å²) in [6, 6.07) is 8.17. The van der Waals surface area contributed by atoms with E-state index in [-0.39, 0.29) is 18.8 Å². The molecule has 37 heavy (non-hydrogen) atoms. The van der Waals surface area contributed by atoms with E-state index in [1.165, 1.54) is 6.26 Å². The van der Waals surface area contributed by atoms with Gasteiger partial charge in [-0.3, -0.25) is 8.42 Å². The van der Waals surface area contributed by atoms with Crippen LogP contribution in [0.3, 0.4) is 0 Å². The van der Waals surface area contributed by atoms with Crippen molar-refractivity contribution in [1.82, 2.24) is 0 Å². The van der Waals surface area contributed by atoms with Gasteiger partial charge in [-0.1, -0.05) is 69.6 Å². The molecule has 1 saturated carbocycles. The van der Waals surface area contributed by atoms with Gasteiger partial charge in [-0.15, -0.1) is 20.0 Å². The van der Waals surface area contributed by atoms with Gasteiger partial charge in [-0.25, -0.2) is 4.79 Å². The van der Waals surface area contributed by atoms with Gasteiger partial charge in [0.2, 0.25) is 0 Å². The Balaban J connectivity index is 1.94. The Labute approximate surface area is 226 Å². The molecule has 0 bridgehead atoms. The molecule has 2 rings (SSSR count). The van der Waals surface area contributed by atoms with Crippen LogP contribution in [-0.2, 0) is 24.4 Å². The summed E-state index contributed by atoms with van der Waals surface area (Å²) < 4.78 is 63.7. The summed E-state index contributed by atoms with van der Waals surface area (Å²) in [7, 11) is -8.50. The van der Waals surface area contributed by atoms with Crippen LogP contribution in [0.25, 0.3) is 0 Å². The number of esters is 1. The van der Waals surface area contributed by atoms with Crippen molar-refractivity contribution in [1.29, 1.82) is 0 Å². The molecule has 2 unspecified atom stereocenters. The Morgan fingerprint density at radius 1 is 1.00 bits per heavy atom. The predicted molar refractivity (Wildman–Crippen MR) is 145 cm³/mol. The molecule has 0 spiro atoms. The van der Waals surface area contributed by atoms with Crippen molar-refractivity contribution in [2.45, 2.75) is 98.9 Å². The van der Waals surface area contributed by atoms with Crippen molar-refractivity contribution < 1.29 is 35.2 Å². The summed E-state index contributed by atoms with van der Waals surface area (Å²) in [6.07, 6.45) is 11.8. The minimum atomic E-state index is -5.61. The molecule has 0 aromatic heterocycles. The number of hydrogen-bond donors (Lipinski definition) is 0. The van der Waals surface area contributed by atoms with Gasteiger partial charge in [0.25, 0.3) is 0 Å². The molecule has 0 aliphatic heterocycles. The lowest BCUT2D eigenvalue weighted by atomic mass is 9.99. The lowest BCUT2D eigenvalue weighted by molar-refractivity contribution is -0.161. The highest BCUT2D eigenvalue weighted by atomic mass is 35.5. The number of halogens is 3. The van der Waals surface area contributed by atoms with E-state index >= 15 is 0 Å². The molecule has 1 N–H and O–H groups in total. The summed E-state index contributed by atoms with van der Waals surface area (Å²) in [5.74, 6) is -1.63. The predicted octanol–water partition coefficient (Wildman–Crippen LogP) is 7.22. The van der Waals surface area contributed by atoms with Gasteiger partial charge in [0.15, 0.2) is 5.78 Å². The van der Waals surface area contributed by atoms with E-state index in [1.807, 2.05) is 0 Å². The third-order valence-electron chi connectivity index (χ3n) is 6.60. The van der Waals surface area contributed by atoms with Gasteiger partial charge >= 0.3 is 21.3 Å². The minimum Gasteiger partial charge on any atom is -0.460 e. The number of Topliss-reactive ketones (excluding diaryl/α,β-unsaturated/α-hetero) is 1. The highest BCUT2D eigenvalue weighted by molar-refractivity contribution is 8.32. The first-order valence-electron chi connectivity index (χ1n) is 13.0. The maximum absolute atomic E-state index is 14.9. The molecule has 6 nitrogen and oxygen atoms in total. The number of hydrogen-bond acceptors (Lipinski definition) is 5. The fourth-order valence-corrected chi connectivity index (χ4v) is 9.95. The van der Waals surface area contributed by atoms with Crippen LogP contribution >= 0.6 is 21.9 Å². The van der Waals surface area contributed by atoms with Crippen LogP contribution in [0.15, 0.2) is 35.2 Å². The molecule has 2 atom stereocenters. The van der Waals surface area contributed by atoms with Gasteiger partial charge in [0.1, 0.15) is 5.25 Å². The summed E-state index contributed by atoms with van der Waals surface area (Å²) in [5, 5.41) is -5.64. The number of ether oxygens (including phenoxy) is 1. The van der Waals surface area contributed by atoms with E-state index < -0.39 is 36.9 Å². The number of carbonyl (C=O) groups excluding carboxylic acids is 2. The topological polar surface area (TPSA) is 90.3 Å². The van der Waals surface area contributed by atoms with Crippen LogP contribution < -0.4 is 0 Å². The third kappa shape index (κ3) is 9.18. The average Bonchev–Trinajstić information content (AvgIpc) is 2.87. The summed E-state index contributed by atoms with van der Waals surface area (Å²) in [5.41, 5.74) is 0. The van der Waals surface area contributed by atoms with Crippen molar-refractivity contribution in [3.05, 3.63) is 30.3 Å². The first-order chi connectivity index (χ1) is 17.6. The van der Waals surface area contributed by atoms with Crippen molar-refractivity contribution >= 4 is 43.8 Å². The maximum Gasteiger partial charge on any atom is 0.514 e. The zero-order valence-corrected chi connectivity index (χ0v) is 23.9. The molecular formula is C26H40ClF2O6S2+. The third-order valence-corrected chi connectivity index (χ3v) is 12.5. The summed E-state index contributed by atoms with van der Waals surface area (Å²) in [4.78, 5) is 25.3. The SMILES string of the molecule is CS([OH+]S(=O)(=O)C(F)(F)C(=O)OCCCCCCCCCCCCl)(c1ccccc1)C1CCCCC1=O.